The second-order valence-corrected chi connectivity index (χ2v) is 7.09. The standard InChI is InChI=1S/C19H15ClF4N2O4/c1-9(25-28)18(2)17(27)26(3)14-5-4-11(8-15(14)30-18)29-16-12(20)6-10(7-13(16)21)19(22,23)24/h4-8,28H,1-3H3/b25-9+. The van der Waals surface area contributed by atoms with Gasteiger partial charge in [-0.05, 0) is 38.1 Å². The van der Waals surface area contributed by atoms with E-state index in [2.05, 4.69) is 5.16 Å². The maximum atomic E-state index is 14.2. The van der Waals surface area contributed by atoms with E-state index in [0.29, 0.717) is 11.8 Å². The van der Waals surface area contributed by atoms with Crippen LogP contribution < -0.4 is 14.4 Å². The molecule has 11 heteroatoms. The molecule has 0 bridgehead atoms. The van der Waals surface area contributed by atoms with E-state index >= 15 is 0 Å². The largest absolute Gasteiger partial charge is 0.469 e. The quantitative estimate of drug-likeness (QED) is 0.302. The van der Waals surface area contributed by atoms with Crippen LogP contribution in [-0.4, -0.2) is 29.5 Å². The van der Waals surface area contributed by atoms with E-state index < -0.39 is 39.8 Å². The lowest BCUT2D eigenvalue weighted by Gasteiger charge is -2.38. The second kappa shape index (κ2) is 7.35. The van der Waals surface area contributed by atoms with Gasteiger partial charge in [-0.15, -0.1) is 0 Å². The molecule has 1 unspecified atom stereocenters. The predicted octanol–water partition coefficient (Wildman–Crippen LogP) is 5.25. The highest BCUT2D eigenvalue weighted by atomic mass is 35.5. The molecular weight excluding hydrogens is 432 g/mol. The Morgan fingerprint density at radius 1 is 1.30 bits per heavy atom. The van der Waals surface area contributed by atoms with Crippen LogP contribution >= 0.6 is 11.6 Å². The van der Waals surface area contributed by atoms with Gasteiger partial charge in [0, 0.05) is 13.1 Å². The molecule has 30 heavy (non-hydrogen) atoms. The number of carbonyl (C=O) groups excluding carboxylic acids is 1. The van der Waals surface area contributed by atoms with Gasteiger partial charge < -0.3 is 19.6 Å². The molecule has 0 aliphatic carbocycles. The summed E-state index contributed by atoms with van der Waals surface area (Å²) < 4.78 is 63.7. The molecular formula is C19H15ClF4N2O4. The van der Waals surface area contributed by atoms with Crippen molar-refractivity contribution in [2.45, 2.75) is 25.6 Å². The summed E-state index contributed by atoms with van der Waals surface area (Å²) in [4.78, 5) is 13.9. The molecule has 2 aromatic carbocycles. The van der Waals surface area contributed by atoms with Crippen LogP contribution in [-0.2, 0) is 11.0 Å². The van der Waals surface area contributed by atoms with Crippen molar-refractivity contribution in [3.63, 3.8) is 0 Å². The van der Waals surface area contributed by atoms with Crippen LogP contribution in [0.1, 0.15) is 19.4 Å². The normalized spacial score (nSPS) is 19.4. The first kappa shape index (κ1) is 21.7. The van der Waals surface area contributed by atoms with Gasteiger partial charge >= 0.3 is 6.18 Å². The summed E-state index contributed by atoms with van der Waals surface area (Å²) in [5, 5.41) is 11.5. The second-order valence-electron chi connectivity index (χ2n) is 6.68. The van der Waals surface area contributed by atoms with Crippen LogP contribution in [0.15, 0.2) is 35.5 Å². The van der Waals surface area contributed by atoms with Crippen molar-refractivity contribution in [3.05, 3.63) is 46.7 Å². The average molecular weight is 447 g/mol. The summed E-state index contributed by atoms with van der Waals surface area (Å²) in [5.74, 6) is -2.24. The van der Waals surface area contributed by atoms with Crippen LogP contribution in [0.3, 0.4) is 0 Å². The average Bonchev–Trinajstić information content (AvgIpc) is 2.67. The molecule has 0 radical (unpaired) electrons. The highest BCUT2D eigenvalue weighted by Gasteiger charge is 2.46. The van der Waals surface area contributed by atoms with E-state index in [0.717, 1.165) is 0 Å². The van der Waals surface area contributed by atoms with Gasteiger partial charge in [-0.25, -0.2) is 4.39 Å². The van der Waals surface area contributed by atoms with Gasteiger partial charge in [0.1, 0.15) is 17.2 Å². The Hall–Kier alpha value is -3.01. The number of carbonyl (C=O) groups is 1. The van der Waals surface area contributed by atoms with Gasteiger partial charge in [-0.3, -0.25) is 4.79 Å². The zero-order valence-corrected chi connectivity index (χ0v) is 16.6. The number of rotatable bonds is 3. The minimum Gasteiger partial charge on any atom is -0.469 e. The van der Waals surface area contributed by atoms with Gasteiger partial charge in [-0.1, -0.05) is 16.8 Å². The van der Waals surface area contributed by atoms with E-state index in [9.17, 15) is 22.4 Å². The Labute approximate surface area is 173 Å². The lowest BCUT2D eigenvalue weighted by Crippen LogP contribution is -2.57. The molecule has 0 saturated heterocycles. The summed E-state index contributed by atoms with van der Waals surface area (Å²) in [6.07, 6.45) is -4.77. The van der Waals surface area contributed by atoms with E-state index in [1.807, 2.05) is 0 Å². The fraction of sp³-hybridized carbons (Fsp3) is 0.263. The van der Waals surface area contributed by atoms with Crippen molar-refractivity contribution in [2.75, 3.05) is 11.9 Å². The van der Waals surface area contributed by atoms with Gasteiger partial charge in [0.25, 0.3) is 5.91 Å². The Balaban J connectivity index is 1.99. The van der Waals surface area contributed by atoms with Crippen LogP contribution in [0.2, 0.25) is 5.02 Å². The molecule has 1 amide bonds. The Bertz CT molecular complexity index is 1030. The molecule has 1 heterocycles. The molecule has 0 fully saturated rings. The summed E-state index contributed by atoms with van der Waals surface area (Å²) in [5.41, 5.74) is -2.50. The van der Waals surface area contributed by atoms with Crippen LogP contribution in [0, 0.1) is 5.82 Å². The number of likely N-dealkylation sites (N-methyl/N-ethyl adjacent to an activating group) is 1. The number of oxime groups is 1. The third-order valence-electron chi connectivity index (χ3n) is 4.71. The molecule has 0 saturated carbocycles. The van der Waals surface area contributed by atoms with Crippen LogP contribution in [0.25, 0.3) is 0 Å². The van der Waals surface area contributed by atoms with E-state index in [-0.39, 0.29) is 23.3 Å². The molecule has 1 aliphatic heterocycles. The number of hydrogen-bond acceptors (Lipinski definition) is 5. The van der Waals surface area contributed by atoms with Crippen molar-refractivity contribution < 1.29 is 37.0 Å². The lowest BCUT2D eigenvalue weighted by atomic mass is 9.96. The Morgan fingerprint density at radius 3 is 2.53 bits per heavy atom. The minimum atomic E-state index is -4.77. The third-order valence-corrected chi connectivity index (χ3v) is 4.99. The Kier molecular flexibility index (Phi) is 5.32. The number of fused-ring (bicyclic) bond motifs is 1. The van der Waals surface area contributed by atoms with Crippen molar-refractivity contribution in [1.82, 2.24) is 0 Å². The number of anilines is 1. The van der Waals surface area contributed by atoms with Gasteiger partial charge in [0.05, 0.1) is 16.3 Å². The highest BCUT2D eigenvalue weighted by molar-refractivity contribution is 6.32. The first-order valence-electron chi connectivity index (χ1n) is 8.43. The third kappa shape index (κ3) is 3.62. The number of hydrogen-bond donors (Lipinski definition) is 1. The summed E-state index contributed by atoms with van der Waals surface area (Å²) in [6, 6.07) is 4.97. The number of benzene rings is 2. The van der Waals surface area contributed by atoms with Gasteiger partial charge in [0.2, 0.25) is 5.60 Å². The van der Waals surface area contributed by atoms with Crippen LogP contribution in [0.4, 0.5) is 23.2 Å². The highest BCUT2D eigenvalue weighted by Crippen LogP contribution is 2.43. The van der Waals surface area contributed by atoms with E-state index in [1.165, 1.54) is 44.0 Å². The molecule has 1 atom stereocenters. The summed E-state index contributed by atoms with van der Waals surface area (Å²) in [7, 11) is 1.49. The van der Waals surface area contributed by atoms with Gasteiger partial charge in [-0.2, -0.15) is 13.2 Å². The fourth-order valence-electron chi connectivity index (χ4n) is 2.87. The topological polar surface area (TPSA) is 71.4 Å². The minimum absolute atomic E-state index is 0.00185. The van der Waals surface area contributed by atoms with E-state index in [1.54, 1.807) is 0 Å². The summed E-state index contributed by atoms with van der Waals surface area (Å²) >= 11 is 5.79. The number of alkyl halides is 3. The van der Waals surface area contributed by atoms with Crippen molar-refractivity contribution in [1.29, 1.82) is 0 Å². The van der Waals surface area contributed by atoms with Crippen molar-refractivity contribution in [3.8, 4) is 17.2 Å². The lowest BCUT2D eigenvalue weighted by molar-refractivity contribution is -0.137. The summed E-state index contributed by atoms with van der Waals surface area (Å²) in [6.45, 7) is 2.80. The van der Waals surface area contributed by atoms with Crippen molar-refractivity contribution in [2.24, 2.45) is 5.16 Å². The predicted molar refractivity (Wildman–Crippen MR) is 100 cm³/mol. The number of halogens is 5. The maximum Gasteiger partial charge on any atom is 0.416 e. The number of amides is 1. The number of nitrogens with zero attached hydrogens (tertiary/aromatic N) is 2. The molecule has 160 valence electrons. The molecule has 2 aromatic rings. The molecule has 0 aromatic heterocycles. The number of ether oxygens (including phenoxy) is 2. The van der Waals surface area contributed by atoms with E-state index in [4.69, 9.17) is 26.3 Å². The molecule has 1 aliphatic rings. The maximum absolute atomic E-state index is 14.2. The smallest absolute Gasteiger partial charge is 0.416 e. The molecule has 1 N–H and O–H groups in total. The molecule has 6 nitrogen and oxygen atoms in total. The first-order chi connectivity index (χ1) is 13.9. The van der Waals surface area contributed by atoms with Gasteiger partial charge in [0.15, 0.2) is 11.6 Å². The molecule has 3 rings (SSSR count). The SMILES string of the molecule is C/C(=N\O)C1(C)Oc2cc(Oc3c(F)cc(C(F)(F)F)cc3Cl)ccc2N(C)C1=O. The Morgan fingerprint density at radius 2 is 1.97 bits per heavy atom. The van der Waals surface area contributed by atoms with Crippen LogP contribution in [0.5, 0.6) is 17.2 Å². The fourth-order valence-corrected chi connectivity index (χ4v) is 3.12. The first-order valence-corrected chi connectivity index (χ1v) is 8.80. The monoisotopic (exact) mass is 446 g/mol. The zero-order valence-electron chi connectivity index (χ0n) is 15.8. The van der Waals surface area contributed by atoms with Crippen molar-refractivity contribution >= 4 is 28.9 Å². The molecule has 0 spiro atoms. The zero-order chi connectivity index (χ0) is 22.4.